The number of rotatable bonds is 6. The molecule has 0 amide bonds. The Balaban J connectivity index is 2.00. The van der Waals surface area contributed by atoms with Crippen molar-refractivity contribution in [1.82, 2.24) is 14.9 Å². The molecular formula is C10H16N6O3. The Labute approximate surface area is 109 Å². The summed E-state index contributed by atoms with van der Waals surface area (Å²) in [5.41, 5.74) is 1.82. The molecular weight excluding hydrogens is 252 g/mol. The summed E-state index contributed by atoms with van der Waals surface area (Å²) < 4.78 is 5.37. The van der Waals surface area contributed by atoms with Crippen LogP contribution in [0.15, 0.2) is 6.33 Å². The molecule has 1 aliphatic heterocycles. The fourth-order valence-electron chi connectivity index (χ4n) is 2.02. The van der Waals surface area contributed by atoms with E-state index in [9.17, 15) is 10.1 Å². The first-order chi connectivity index (χ1) is 9.22. The minimum absolute atomic E-state index is 0.0591. The summed E-state index contributed by atoms with van der Waals surface area (Å²) in [6.07, 6.45) is 3.55. The van der Waals surface area contributed by atoms with Crippen molar-refractivity contribution in [2.24, 2.45) is 5.84 Å². The van der Waals surface area contributed by atoms with Crippen LogP contribution in [0.1, 0.15) is 12.8 Å². The number of nitrogens with zero attached hydrogens (tertiary/aromatic N) is 4. The molecule has 19 heavy (non-hydrogen) atoms. The number of nitrogens with one attached hydrogen (secondary N) is 1. The molecule has 0 saturated carbocycles. The minimum Gasteiger partial charge on any atom is -0.471 e. The van der Waals surface area contributed by atoms with Crippen LogP contribution in [0.2, 0.25) is 0 Å². The zero-order chi connectivity index (χ0) is 13.7. The standard InChI is InChI=1S/C10H16N6O3/c11-14-9-8(16(17)18)10(13-7-12-9)19-6-5-15-3-1-2-4-15/h7H,1-6,11H2,(H,12,13,14). The third-order valence-corrected chi connectivity index (χ3v) is 2.95. The molecule has 0 aliphatic carbocycles. The molecule has 0 aromatic carbocycles. The largest absolute Gasteiger partial charge is 0.471 e. The molecule has 9 heteroatoms. The molecule has 104 valence electrons. The highest BCUT2D eigenvalue weighted by atomic mass is 16.6. The van der Waals surface area contributed by atoms with E-state index in [1.165, 1.54) is 19.2 Å². The van der Waals surface area contributed by atoms with E-state index in [0.29, 0.717) is 6.61 Å². The van der Waals surface area contributed by atoms with Crippen LogP contribution in [-0.2, 0) is 0 Å². The van der Waals surface area contributed by atoms with Gasteiger partial charge in [0.1, 0.15) is 12.9 Å². The van der Waals surface area contributed by atoms with Gasteiger partial charge >= 0.3 is 5.69 Å². The van der Waals surface area contributed by atoms with E-state index in [2.05, 4.69) is 20.3 Å². The van der Waals surface area contributed by atoms with Gasteiger partial charge in [-0.05, 0) is 25.9 Å². The van der Waals surface area contributed by atoms with Crippen molar-refractivity contribution in [1.29, 1.82) is 0 Å². The van der Waals surface area contributed by atoms with E-state index in [1.807, 2.05) is 0 Å². The number of ether oxygens (including phenoxy) is 1. The second-order valence-corrected chi connectivity index (χ2v) is 4.17. The summed E-state index contributed by atoms with van der Waals surface area (Å²) in [6, 6.07) is 0. The fraction of sp³-hybridized carbons (Fsp3) is 0.600. The van der Waals surface area contributed by atoms with E-state index in [1.54, 1.807) is 0 Å². The van der Waals surface area contributed by atoms with Crippen LogP contribution in [0.4, 0.5) is 11.5 Å². The number of anilines is 1. The highest BCUT2D eigenvalue weighted by Gasteiger charge is 2.24. The summed E-state index contributed by atoms with van der Waals surface area (Å²) in [5, 5.41) is 11.0. The molecule has 1 aromatic heterocycles. The zero-order valence-corrected chi connectivity index (χ0v) is 10.4. The molecule has 0 radical (unpaired) electrons. The number of aromatic nitrogens is 2. The van der Waals surface area contributed by atoms with Crippen LogP contribution in [-0.4, -0.2) is 46.0 Å². The highest BCUT2D eigenvalue weighted by Crippen LogP contribution is 2.29. The van der Waals surface area contributed by atoms with Gasteiger partial charge in [-0.25, -0.2) is 10.8 Å². The maximum atomic E-state index is 11.0. The van der Waals surface area contributed by atoms with Crippen molar-refractivity contribution in [3.8, 4) is 5.88 Å². The van der Waals surface area contributed by atoms with Gasteiger partial charge in [0.05, 0.1) is 4.92 Å². The van der Waals surface area contributed by atoms with E-state index in [-0.39, 0.29) is 17.4 Å². The van der Waals surface area contributed by atoms with Crippen LogP contribution in [0, 0.1) is 10.1 Å². The Morgan fingerprint density at radius 1 is 1.47 bits per heavy atom. The van der Waals surface area contributed by atoms with E-state index < -0.39 is 4.92 Å². The third kappa shape index (κ3) is 3.26. The zero-order valence-electron chi connectivity index (χ0n) is 10.4. The Morgan fingerprint density at radius 3 is 2.84 bits per heavy atom. The molecule has 1 aliphatic rings. The molecule has 3 N–H and O–H groups in total. The quantitative estimate of drug-likeness (QED) is 0.425. The summed E-state index contributed by atoms with van der Waals surface area (Å²) in [5.74, 6) is 5.06. The average Bonchev–Trinajstić information content (AvgIpc) is 2.91. The molecule has 0 atom stereocenters. The second kappa shape index (κ2) is 6.25. The molecule has 0 spiro atoms. The van der Waals surface area contributed by atoms with Gasteiger partial charge in [-0.15, -0.1) is 0 Å². The topological polar surface area (TPSA) is 119 Å². The second-order valence-electron chi connectivity index (χ2n) is 4.17. The van der Waals surface area contributed by atoms with Gasteiger partial charge in [-0.1, -0.05) is 0 Å². The number of nitrogens with two attached hydrogens (primary N) is 1. The van der Waals surface area contributed by atoms with Crippen LogP contribution in [0.25, 0.3) is 0 Å². The Hall–Kier alpha value is -2.00. The molecule has 1 aromatic rings. The molecule has 0 unspecified atom stereocenters. The van der Waals surface area contributed by atoms with Crippen LogP contribution in [0.3, 0.4) is 0 Å². The lowest BCUT2D eigenvalue weighted by molar-refractivity contribution is -0.385. The summed E-state index contributed by atoms with van der Waals surface area (Å²) in [4.78, 5) is 20.1. The number of likely N-dealkylation sites (tertiary alicyclic amines) is 1. The van der Waals surface area contributed by atoms with Gasteiger partial charge in [0, 0.05) is 6.54 Å². The van der Waals surface area contributed by atoms with Gasteiger partial charge in [0.15, 0.2) is 0 Å². The number of nitro groups is 1. The van der Waals surface area contributed by atoms with Gasteiger partial charge < -0.3 is 10.2 Å². The fourth-order valence-corrected chi connectivity index (χ4v) is 2.02. The van der Waals surface area contributed by atoms with Gasteiger partial charge in [-0.3, -0.25) is 15.0 Å². The first-order valence-corrected chi connectivity index (χ1v) is 6.03. The van der Waals surface area contributed by atoms with Crippen molar-refractivity contribution in [2.45, 2.75) is 12.8 Å². The van der Waals surface area contributed by atoms with Crippen LogP contribution < -0.4 is 16.0 Å². The lowest BCUT2D eigenvalue weighted by Crippen LogP contribution is -2.25. The molecule has 1 saturated heterocycles. The van der Waals surface area contributed by atoms with Gasteiger partial charge in [0.2, 0.25) is 5.82 Å². The smallest absolute Gasteiger partial charge is 0.374 e. The molecule has 2 rings (SSSR count). The van der Waals surface area contributed by atoms with Crippen LogP contribution in [0.5, 0.6) is 5.88 Å². The first-order valence-electron chi connectivity index (χ1n) is 6.03. The molecule has 2 heterocycles. The van der Waals surface area contributed by atoms with E-state index >= 15 is 0 Å². The lowest BCUT2D eigenvalue weighted by Gasteiger charge is -2.14. The molecule has 0 bridgehead atoms. The molecule has 9 nitrogen and oxygen atoms in total. The van der Waals surface area contributed by atoms with Crippen LogP contribution >= 0.6 is 0 Å². The lowest BCUT2D eigenvalue weighted by atomic mass is 10.4. The van der Waals surface area contributed by atoms with Gasteiger partial charge in [-0.2, -0.15) is 4.98 Å². The number of hydrogen-bond donors (Lipinski definition) is 2. The summed E-state index contributed by atoms with van der Waals surface area (Å²) in [6.45, 7) is 3.17. The van der Waals surface area contributed by atoms with Gasteiger partial charge in [0.25, 0.3) is 5.88 Å². The van der Waals surface area contributed by atoms with Crippen molar-refractivity contribution in [2.75, 3.05) is 31.7 Å². The minimum atomic E-state index is -0.611. The first kappa shape index (κ1) is 13.4. The van der Waals surface area contributed by atoms with Crippen molar-refractivity contribution < 1.29 is 9.66 Å². The summed E-state index contributed by atoms with van der Waals surface area (Å²) in [7, 11) is 0. The van der Waals surface area contributed by atoms with E-state index in [0.717, 1.165) is 19.6 Å². The maximum absolute atomic E-state index is 11.0. The summed E-state index contributed by atoms with van der Waals surface area (Å²) >= 11 is 0. The number of nitrogen functional groups attached to an aromatic ring is 1. The Bertz CT molecular complexity index is 449. The predicted molar refractivity (Wildman–Crippen MR) is 67.7 cm³/mol. The predicted octanol–water partition coefficient (Wildman–Crippen LogP) is 0.145. The Morgan fingerprint density at radius 2 is 2.21 bits per heavy atom. The third-order valence-electron chi connectivity index (χ3n) is 2.95. The number of hydrogen-bond acceptors (Lipinski definition) is 8. The molecule has 1 fully saturated rings. The SMILES string of the molecule is NNc1ncnc(OCCN2CCCC2)c1[N+](=O)[O-]. The number of hydrazine groups is 1. The van der Waals surface area contributed by atoms with Crippen molar-refractivity contribution in [3.63, 3.8) is 0 Å². The highest BCUT2D eigenvalue weighted by molar-refractivity contribution is 5.60. The average molecular weight is 268 g/mol. The van der Waals surface area contributed by atoms with E-state index in [4.69, 9.17) is 10.6 Å². The normalized spacial score (nSPS) is 15.4. The maximum Gasteiger partial charge on any atom is 0.374 e. The Kier molecular flexibility index (Phi) is 4.42. The monoisotopic (exact) mass is 268 g/mol. The van der Waals surface area contributed by atoms with Crippen molar-refractivity contribution in [3.05, 3.63) is 16.4 Å². The van der Waals surface area contributed by atoms with Crippen molar-refractivity contribution >= 4 is 11.5 Å².